The molecule has 0 aromatic rings. The first-order valence-electron chi connectivity index (χ1n) is 6.94. The van der Waals surface area contributed by atoms with E-state index in [4.69, 9.17) is 4.74 Å². The van der Waals surface area contributed by atoms with E-state index in [-0.39, 0.29) is 0 Å². The van der Waals surface area contributed by atoms with E-state index in [0.29, 0.717) is 6.42 Å². The summed E-state index contributed by atoms with van der Waals surface area (Å²) in [6, 6.07) is 0. The number of methoxy groups -OCH3 is 1. The minimum atomic E-state index is -1.06. The van der Waals surface area contributed by atoms with Gasteiger partial charge in [-0.25, -0.2) is 4.79 Å². The van der Waals surface area contributed by atoms with Crippen molar-refractivity contribution in [3.8, 4) is 0 Å². The van der Waals surface area contributed by atoms with Gasteiger partial charge in [0.1, 0.15) is 6.10 Å². The molecule has 1 rings (SSSR count). The fraction of sp³-hybridized carbons (Fsp3) is 0.786. The highest BCUT2D eigenvalue weighted by Gasteiger charge is 2.48. The fourth-order valence-electron chi connectivity index (χ4n) is 2.30. The first-order chi connectivity index (χ1) is 9.11. The molecule has 1 aliphatic rings. The van der Waals surface area contributed by atoms with Crippen LogP contribution in [0.2, 0.25) is 0 Å². The molecule has 1 fully saturated rings. The van der Waals surface area contributed by atoms with Gasteiger partial charge >= 0.3 is 11.9 Å². The van der Waals surface area contributed by atoms with Crippen molar-refractivity contribution in [3.05, 3.63) is 0 Å². The lowest BCUT2D eigenvalue weighted by molar-refractivity contribution is -0.150. The van der Waals surface area contributed by atoms with Crippen LogP contribution in [0.5, 0.6) is 0 Å². The van der Waals surface area contributed by atoms with E-state index >= 15 is 0 Å². The minimum absolute atomic E-state index is 0.545. The number of unbranched alkanes of at least 4 members (excludes halogenated alkanes) is 5. The second kappa shape index (κ2) is 7.92. The molecule has 2 atom stereocenters. The Morgan fingerprint density at radius 3 is 2.42 bits per heavy atom. The lowest BCUT2D eigenvalue weighted by atomic mass is 9.95. The molecule has 108 valence electrons. The Morgan fingerprint density at radius 1 is 1.16 bits per heavy atom. The van der Waals surface area contributed by atoms with Gasteiger partial charge < -0.3 is 9.47 Å². The highest BCUT2D eigenvalue weighted by molar-refractivity contribution is 6.40. The largest absolute Gasteiger partial charge is 0.468 e. The molecule has 0 saturated carbocycles. The normalized spacial score (nSPS) is 22.4. The first kappa shape index (κ1) is 15.7. The van der Waals surface area contributed by atoms with Crippen LogP contribution in [0.15, 0.2) is 0 Å². The Bertz CT molecular complexity index is 337. The number of rotatable bonds is 8. The van der Waals surface area contributed by atoms with Crippen molar-refractivity contribution in [2.45, 2.75) is 58.0 Å². The lowest BCUT2D eigenvalue weighted by Gasteiger charge is -2.13. The summed E-state index contributed by atoms with van der Waals surface area (Å²) >= 11 is 0. The number of esters is 2. The van der Waals surface area contributed by atoms with Crippen molar-refractivity contribution in [2.24, 2.45) is 5.92 Å². The van der Waals surface area contributed by atoms with Crippen molar-refractivity contribution >= 4 is 17.7 Å². The van der Waals surface area contributed by atoms with Crippen LogP contribution >= 0.6 is 0 Å². The summed E-state index contributed by atoms with van der Waals surface area (Å²) in [4.78, 5) is 34.2. The Hall–Kier alpha value is -1.39. The average molecular weight is 270 g/mol. The first-order valence-corrected chi connectivity index (χ1v) is 6.94. The zero-order valence-electron chi connectivity index (χ0n) is 11.6. The van der Waals surface area contributed by atoms with E-state index in [1.54, 1.807) is 0 Å². The van der Waals surface area contributed by atoms with E-state index in [0.717, 1.165) is 19.3 Å². The molecular formula is C14H22O5. The van der Waals surface area contributed by atoms with Gasteiger partial charge in [0.25, 0.3) is 5.78 Å². The van der Waals surface area contributed by atoms with Gasteiger partial charge in [-0.3, -0.25) is 9.59 Å². The average Bonchev–Trinajstić information content (AvgIpc) is 2.68. The number of carbonyl (C=O) groups is 3. The summed E-state index contributed by atoms with van der Waals surface area (Å²) in [7, 11) is 1.21. The van der Waals surface area contributed by atoms with Gasteiger partial charge in [-0.2, -0.15) is 0 Å². The Balaban J connectivity index is 2.37. The molecule has 0 spiro atoms. The number of hydrogen-bond donors (Lipinski definition) is 0. The van der Waals surface area contributed by atoms with Crippen molar-refractivity contribution in [1.82, 2.24) is 0 Å². The number of ketones is 1. The molecule has 0 aromatic carbocycles. The zero-order chi connectivity index (χ0) is 14.3. The van der Waals surface area contributed by atoms with E-state index < -0.39 is 29.7 Å². The molecule has 19 heavy (non-hydrogen) atoms. The number of Topliss-reactive ketones (excluding diaryl/α,β-unsaturated/α-hetero) is 1. The predicted octanol–water partition coefficient (Wildman–Crippen LogP) is 2.02. The van der Waals surface area contributed by atoms with Crippen molar-refractivity contribution in [3.63, 3.8) is 0 Å². The Morgan fingerprint density at radius 2 is 1.79 bits per heavy atom. The summed E-state index contributed by atoms with van der Waals surface area (Å²) in [5.74, 6) is -3.42. The van der Waals surface area contributed by atoms with Crippen LogP contribution in [0.25, 0.3) is 0 Å². The maximum atomic E-state index is 11.5. The molecule has 5 nitrogen and oxygen atoms in total. The number of ether oxygens (including phenoxy) is 2. The van der Waals surface area contributed by atoms with Crippen molar-refractivity contribution in [1.29, 1.82) is 0 Å². The van der Waals surface area contributed by atoms with Crippen LogP contribution in [0.1, 0.15) is 51.9 Å². The molecule has 0 aromatic heterocycles. The number of cyclic esters (lactones) is 1. The van der Waals surface area contributed by atoms with Gasteiger partial charge in [0, 0.05) is 0 Å². The number of hydrogen-bond acceptors (Lipinski definition) is 5. The second-order valence-corrected chi connectivity index (χ2v) is 4.87. The zero-order valence-corrected chi connectivity index (χ0v) is 11.6. The van der Waals surface area contributed by atoms with Gasteiger partial charge in [0.2, 0.25) is 0 Å². The topological polar surface area (TPSA) is 69.7 Å². The third-order valence-corrected chi connectivity index (χ3v) is 3.41. The van der Waals surface area contributed by atoms with Crippen LogP contribution in [-0.2, 0) is 23.9 Å². The molecule has 0 aliphatic carbocycles. The monoisotopic (exact) mass is 270 g/mol. The molecule has 0 radical (unpaired) electrons. The maximum Gasteiger partial charge on any atom is 0.376 e. The SMILES string of the molecule is CCCCCCCC[C@@H]1OC(=O)C(=O)C1C(=O)OC. The molecule has 1 unspecified atom stereocenters. The molecule has 1 heterocycles. The van der Waals surface area contributed by atoms with Crippen LogP contribution < -0.4 is 0 Å². The van der Waals surface area contributed by atoms with Crippen molar-refractivity contribution < 1.29 is 23.9 Å². The van der Waals surface area contributed by atoms with Crippen molar-refractivity contribution in [2.75, 3.05) is 7.11 Å². The molecular weight excluding hydrogens is 248 g/mol. The quantitative estimate of drug-likeness (QED) is 0.292. The summed E-state index contributed by atoms with van der Waals surface area (Å²) in [5, 5.41) is 0. The summed E-state index contributed by atoms with van der Waals surface area (Å²) in [5.41, 5.74) is 0. The van der Waals surface area contributed by atoms with E-state index in [2.05, 4.69) is 11.7 Å². The van der Waals surface area contributed by atoms with Crippen LogP contribution in [0.4, 0.5) is 0 Å². The summed E-state index contributed by atoms with van der Waals surface area (Å²) < 4.78 is 9.50. The third-order valence-electron chi connectivity index (χ3n) is 3.41. The van der Waals surface area contributed by atoms with Crippen LogP contribution in [0.3, 0.4) is 0 Å². The lowest BCUT2D eigenvalue weighted by Crippen LogP contribution is -2.30. The van der Waals surface area contributed by atoms with Gasteiger partial charge in [-0.1, -0.05) is 39.0 Å². The molecule has 0 bridgehead atoms. The van der Waals surface area contributed by atoms with Gasteiger partial charge in [0.05, 0.1) is 7.11 Å². The molecule has 0 amide bonds. The molecule has 0 N–H and O–H groups in total. The summed E-state index contributed by atoms with van der Waals surface area (Å²) in [6.07, 6.45) is 6.52. The van der Waals surface area contributed by atoms with Gasteiger partial charge in [0.15, 0.2) is 5.92 Å². The standard InChI is InChI=1S/C14H22O5/c1-3-4-5-6-7-8-9-10-11(13(16)18-2)12(15)14(17)19-10/h10-11H,3-9H2,1-2H3/t10-,11?/m0/s1. The van der Waals surface area contributed by atoms with E-state index in [9.17, 15) is 14.4 Å². The highest BCUT2D eigenvalue weighted by atomic mass is 16.6. The smallest absolute Gasteiger partial charge is 0.376 e. The maximum absolute atomic E-state index is 11.5. The Labute approximate surface area is 113 Å². The molecule has 1 saturated heterocycles. The number of carbonyl (C=O) groups excluding carboxylic acids is 3. The van der Waals surface area contributed by atoms with Gasteiger partial charge in [-0.15, -0.1) is 0 Å². The Kier molecular flexibility index (Phi) is 6.53. The van der Waals surface area contributed by atoms with E-state index in [1.807, 2.05) is 0 Å². The summed E-state index contributed by atoms with van der Waals surface area (Å²) in [6.45, 7) is 2.16. The van der Waals surface area contributed by atoms with Crippen LogP contribution in [-0.4, -0.2) is 30.9 Å². The fourth-order valence-corrected chi connectivity index (χ4v) is 2.30. The third kappa shape index (κ3) is 4.33. The van der Waals surface area contributed by atoms with Crippen LogP contribution in [0, 0.1) is 5.92 Å². The van der Waals surface area contributed by atoms with E-state index in [1.165, 1.54) is 26.4 Å². The predicted molar refractivity (Wildman–Crippen MR) is 68.4 cm³/mol. The van der Waals surface area contributed by atoms with Gasteiger partial charge in [-0.05, 0) is 12.8 Å². The molecule has 5 heteroatoms. The highest BCUT2D eigenvalue weighted by Crippen LogP contribution is 2.25. The second-order valence-electron chi connectivity index (χ2n) is 4.87. The molecule has 1 aliphatic heterocycles. The minimum Gasteiger partial charge on any atom is -0.468 e.